The van der Waals surface area contributed by atoms with Crippen molar-refractivity contribution in [2.45, 2.75) is 39.0 Å². The van der Waals surface area contributed by atoms with Crippen molar-refractivity contribution in [1.29, 1.82) is 0 Å². The molecule has 1 aromatic heterocycles. The molecule has 2 rings (SSSR count). The Hall–Kier alpha value is -1.12. The molecule has 1 heterocycles. The molecule has 1 saturated carbocycles. The molecular formula is C11H17N3. The maximum absolute atomic E-state index is 4.55. The van der Waals surface area contributed by atoms with Crippen molar-refractivity contribution in [2.24, 2.45) is 0 Å². The Labute approximate surface area is 85.0 Å². The minimum absolute atomic E-state index is 0.638. The quantitative estimate of drug-likeness (QED) is 0.793. The van der Waals surface area contributed by atoms with E-state index in [1.54, 1.807) is 0 Å². The first-order valence-electron chi connectivity index (χ1n) is 5.45. The fourth-order valence-electron chi connectivity index (χ4n) is 1.49. The van der Waals surface area contributed by atoms with E-state index in [9.17, 15) is 0 Å². The number of aryl methyl sites for hydroxylation is 1. The van der Waals surface area contributed by atoms with Crippen LogP contribution in [0.3, 0.4) is 0 Å². The summed E-state index contributed by atoms with van der Waals surface area (Å²) in [6.07, 6.45) is 3.51. The minimum atomic E-state index is 0.638. The first kappa shape index (κ1) is 9.44. The van der Waals surface area contributed by atoms with Gasteiger partial charge in [-0.2, -0.15) is 0 Å². The van der Waals surface area contributed by atoms with Crippen molar-refractivity contribution in [3.63, 3.8) is 0 Å². The lowest BCUT2D eigenvalue weighted by atomic mass is 10.3. The molecule has 0 spiro atoms. The Morgan fingerprint density at radius 1 is 1.36 bits per heavy atom. The summed E-state index contributed by atoms with van der Waals surface area (Å²) in [7, 11) is 0. The lowest BCUT2D eigenvalue weighted by Gasteiger charge is -2.06. The fourth-order valence-corrected chi connectivity index (χ4v) is 1.49. The van der Waals surface area contributed by atoms with Gasteiger partial charge in [-0.15, -0.1) is 0 Å². The number of aromatic nitrogens is 2. The first-order valence-corrected chi connectivity index (χ1v) is 5.45. The molecule has 76 valence electrons. The monoisotopic (exact) mass is 191 g/mol. The summed E-state index contributed by atoms with van der Waals surface area (Å²) in [5, 5.41) is 3.25. The Balaban J connectivity index is 2.26. The summed E-state index contributed by atoms with van der Waals surface area (Å²) < 4.78 is 0. The third-order valence-corrected chi connectivity index (χ3v) is 2.46. The molecule has 1 aliphatic rings. The number of hydrogen-bond acceptors (Lipinski definition) is 3. The van der Waals surface area contributed by atoms with Gasteiger partial charge in [0, 0.05) is 24.2 Å². The fraction of sp³-hybridized carbons (Fsp3) is 0.636. The summed E-state index contributed by atoms with van der Waals surface area (Å²) in [5.74, 6) is 2.67. The zero-order valence-electron chi connectivity index (χ0n) is 8.88. The number of rotatable bonds is 4. The summed E-state index contributed by atoms with van der Waals surface area (Å²) in [4.78, 5) is 9.06. The second-order valence-corrected chi connectivity index (χ2v) is 3.76. The molecule has 0 aromatic carbocycles. The summed E-state index contributed by atoms with van der Waals surface area (Å²) in [6.45, 7) is 5.14. The van der Waals surface area contributed by atoms with Gasteiger partial charge < -0.3 is 5.32 Å². The molecule has 0 amide bonds. The normalized spacial score (nSPS) is 15.6. The van der Waals surface area contributed by atoms with Gasteiger partial charge in [0.2, 0.25) is 0 Å². The van der Waals surface area contributed by atoms with Crippen molar-refractivity contribution in [1.82, 2.24) is 9.97 Å². The van der Waals surface area contributed by atoms with Crippen LogP contribution in [0.15, 0.2) is 6.07 Å². The molecular weight excluding hydrogens is 174 g/mol. The highest BCUT2D eigenvalue weighted by Crippen LogP contribution is 2.38. The number of nitrogens with zero attached hydrogens (tertiary/aromatic N) is 2. The molecule has 1 N–H and O–H groups in total. The average Bonchev–Trinajstić information content (AvgIpc) is 3.01. The number of hydrogen-bond donors (Lipinski definition) is 1. The van der Waals surface area contributed by atoms with Crippen LogP contribution in [0.5, 0.6) is 0 Å². The van der Waals surface area contributed by atoms with Crippen LogP contribution in [-0.2, 0) is 6.42 Å². The molecule has 0 aliphatic heterocycles. The second-order valence-electron chi connectivity index (χ2n) is 3.76. The molecule has 0 radical (unpaired) electrons. The molecule has 1 aliphatic carbocycles. The van der Waals surface area contributed by atoms with Gasteiger partial charge in [0.25, 0.3) is 0 Å². The van der Waals surface area contributed by atoms with Gasteiger partial charge in [0.05, 0.1) is 0 Å². The molecule has 1 aromatic rings. The highest BCUT2D eigenvalue weighted by molar-refractivity contribution is 5.36. The summed E-state index contributed by atoms with van der Waals surface area (Å²) in [5.41, 5.74) is 1.15. The highest BCUT2D eigenvalue weighted by atomic mass is 15.0. The van der Waals surface area contributed by atoms with E-state index in [0.717, 1.165) is 30.3 Å². The molecule has 1 fully saturated rings. The lowest BCUT2D eigenvalue weighted by Crippen LogP contribution is -2.05. The standard InChI is InChI=1S/C11H17N3/c1-3-9-7-10(12-4-2)14-11(13-9)8-5-6-8/h7-8H,3-6H2,1-2H3,(H,12,13,14). The first-order chi connectivity index (χ1) is 6.83. The van der Waals surface area contributed by atoms with E-state index in [1.165, 1.54) is 12.8 Å². The van der Waals surface area contributed by atoms with E-state index < -0.39 is 0 Å². The van der Waals surface area contributed by atoms with Crippen LogP contribution < -0.4 is 5.32 Å². The van der Waals surface area contributed by atoms with E-state index in [2.05, 4.69) is 35.2 Å². The van der Waals surface area contributed by atoms with Crippen molar-refractivity contribution in [2.75, 3.05) is 11.9 Å². The van der Waals surface area contributed by atoms with E-state index in [-0.39, 0.29) is 0 Å². The zero-order chi connectivity index (χ0) is 9.97. The lowest BCUT2D eigenvalue weighted by molar-refractivity contribution is 0.877. The largest absolute Gasteiger partial charge is 0.370 e. The van der Waals surface area contributed by atoms with Crippen molar-refractivity contribution in [3.05, 3.63) is 17.6 Å². The van der Waals surface area contributed by atoms with Crippen LogP contribution in [0.4, 0.5) is 5.82 Å². The van der Waals surface area contributed by atoms with Gasteiger partial charge in [-0.05, 0) is 26.2 Å². The predicted molar refractivity (Wildman–Crippen MR) is 57.5 cm³/mol. The van der Waals surface area contributed by atoms with Gasteiger partial charge in [-0.3, -0.25) is 0 Å². The summed E-state index contributed by atoms with van der Waals surface area (Å²) >= 11 is 0. The second kappa shape index (κ2) is 3.95. The SMILES string of the molecule is CCNc1cc(CC)nc(C2CC2)n1. The topological polar surface area (TPSA) is 37.8 Å². The molecule has 3 nitrogen and oxygen atoms in total. The molecule has 0 unspecified atom stereocenters. The van der Waals surface area contributed by atoms with E-state index >= 15 is 0 Å². The Bertz CT molecular complexity index is 318. The number of anilines is 1. The highest BCUT2D eigenvalue weighted by Gasteiger charge is 2.27. The predicted octanol–water partition coefficient (Wildman–Crippen LogP) is 2.35. The van der Waals surface area contributed by atoms with Gasteiger partial charge in [0.15, 0.2) is 0 Å². The van der Waals surface area contributed by atoms with Crippen molar-refractivity contribution < 1.29 is 0 Å². The van der Waals surface area contributed by atoms with Gasteiger partial charge in [-0.25, -0.2) is 9.97 Å². The Morgan fingerprint density at radius 3 is 2.71 bits per heavy atom. The van der Waals surface area contributed by atoms with Crippen molar-refractivity contribution in [3.8, 4) is 0 Å². The molecule has 0 atom stereocenters. The Kier molecular flexibility index (Phi) is 2.66. The van der Waals surface area contributed by atoms with Gasteiger partial charge in [-0.1, -0.05) is 6.92 Å². The average molecular weight is 191 g/mol. The Morgan fingerprint density at radius 2 is 2.14 bits per heavy atom. The van der Waals surface area contributed by atoms with E-state index in [4.69, 9.17) is 0 Å². The smallest absolute Gasteiger partial charge is 0.134 e. The van der Waals surface area contributed by atoms with Crippen molar-refractivity contribution >= 4 is 5.82 Å². The van der Waals surface area contributed by atoms with Crippen LogP contribution >= 0.6 is 0 Å². The van der Waals surface area contributed by atoms with E-state index in [0.29, 0.717) is 5.92 Å². The van der Waals surface area contributed by atoms with Crippen LogP contribution in [0.1, 0.15) is 44.1 Å². The number of nitrogens with one attached hydrogen (secondary N) is 1. The summed E-state index contributed by atoms with van der Waals surface area (Å²) in [6, 6.07) is 2.05. The van der Waals surface area contributed by atoms with Gasteiger partial charge in [0.1, 0.15) is 11.6 Å². The maximum atomic E-state index is 4.55. The van der Waals surface area contributed by atoms with Crippen LogP contribution in [0.2, 0.25) is 0 Å². The molecule has 0 saturated heterocycles. The van der Waals surface area contributed by atoms with E-state index in [1.807, 2.05) is 0 Å². The third kappa shape index (κ3) is 2.03. The molecule has 0 bridgehead atoms. The zero-order valence-corrected chi connectivity index (χ0v) is 8.88. The van der Waals surface area contributed by atoms with Crippen LogP contribution in [0, 0.1) is 0 Å². The van der Waals surface area contributed by atoms with Gasteiger partial charge >= 0.3 is 0 Å². The van der Waals surface area contributed by atoms with Crippen LogP contribution in [-0.4, -0.2) is 16.5 Å². The van der Waals surface area contributed by atoms with Crippen LogP contribution in [0.25, 0.3) is 0 Å². The molecule has 14 heavy (non-hydrogen) atoms. The maximum Gasteiger partial charge on any atom is 0.134 e. The minimum Gasteiger partial charge on any atom is -0.370 e. The third-order valence-electron chi connectivity index (χ3n) is 2.46. The molecule has 3 heteroatoms.